The monoisotopic (exact) mass is 243 g/mol. The number of nitrogens with zero attached hydrogens (tertiary/aromatic N) is 1. The summed E-state index contributed by atoms with van der Waals surface area (Å²) in [6.07, 6.45) is 1.90. The lowest BCUT2D eigenvalue weighted by Gasteiger charge is -2.21. The number of aliphatic carboxylic acids is 1. The van der Waals surface area contributed by atoms with Crippen molar-refractivity contribution in [3.05, 3.63) is 0 Å². The standard InChI is InChI=1S/C11H17NO5/c1-8(13)17-7-3-5-10(14)12-6-2-4-9(12)11(15)16/h9H,2-7H2,1H3,(H,15,16)/t9-/m0/s1. The molecule has 1 atom stereocenters. The predicted molar refractivity (Wildman–Crippen MR) is 58.2 cm³/mol. The van der Waals surface area contributed by atoms with Crippen LogP contribution in [0.25, 0.3) is 0 Å². The lowest BCUT2D eigenvalue weighted by Crippen LogP contribution is -2.40. The molecule has 1 heterocycles. The Balaban J connectivity index is 2.32. The van der Waals surface area contributed by atoms with Crippen LogP contribution in [0.5, 0.6) is 0 Å². The van der Waals surface area contributed by atoms with Gasteiger partial charge in [0.15, 0.2) is 0 Å². The van der Waals surface area contributed by atoms with Gasteiger partial charge in [0.05, 0.1) is 6.61 Å². The molecular weight excluding hydrogens is 226 g/mol. The number of amides is 1. The topological polar surface area (TPSA) is 83.9 Å². The van der Waals surface area contributed by atoms with Gasteiger partial charge in [0, 0.05) is 19.9 Å². The van der Waals surface area contributed by atoms with Crippen molar-refractivity contribution in [3.8, 4) is 0 Å². The summed E-state index contributed by atoms with van der Waals surface area (Å²) in [5.74, 6) is -1.50. The van der Waals surface area contributed by atoms with Gasteiger partial charge in [-0.2, -0.15) is 0 Å². The fourth-order valence-electron chi connectivity index (χ4n) is 1.90. The van der Waals surface area contributed by atoms with Crippen LogP contribution < -0.4 is 0 Å². The van der Waals surface area contributed by atoms with E-state index in [1.807, 2.05) is 0 Å². The van der Waals surface area contributed by atoms with Crippen molar-refractivity contribution in [2.45, 2.75) is 38.6 Å². The Morgan fingerprint density at radius 1 is 1.41 bits per heavy atom. The zero-order valence-electron chi connectivity index (χ0n) is 9.85. The molecule has 6 heteroatoms. The molecule has 0 aliphatic carbocycles. The van der Waals surface area contributed by atoms with Gasteiger partial charge < -0.3 is 14.7 Å². The Labute approximate surface area is 99.5 Å². The van der Waals surface area contributed by atoms with E-state index in [4.69, 9.17) is 9.84 Å². The average Bonchev–Trinajstić information content (AvgIpc) is 2.72. The van der Waals surface area contributed by atoms with Gasteiger partial charge in [0.25, 0.3) is 0 Å². The van der Waals surface area contributed by atoms with Crippen molar-refractivity contribution >= 4 is 17.8 Å². The van der Waals surface area contributed by atoms with Crippen molar-refractivity contribution < 1.29 is 24.2 Å². The lowest BCUT2D eigenvalue weighted by molar-refractivity contribution is -0.148. The molecule has 1 aliphatic rings. The van der Waals surface area contributed by atoms with E-state index in [0.29, 0.717) is 19.4 Å². The third-order valence-corrected chi connectivity index (χ3v) is 2.70. The summed E-state index contributed by atoms with van der Waals surface area (Å²) in [7, 11) is 0. The van der Waals surface area contributed by atoms with E-state index in [-0.39, 0.29) is 24.9 Å². The van der Waals surface area contributed by atoms with Gasteiger partial charge in [0.2, 0.25) is 5.91 Å². The van der Waals surface area contributed by atoms with Gasteiger partial charge >= 0.3 is 11.9 Å². The van der Waals surface area contributed by atoms with Crippen LogP contribution in [0, 0.1) is 0 Å². The maximum absolute atomic E-state index is 11.7. The second-order valence-electron chi connectivity index (χ2n) is 4.03. The summed E-state index contributed by atoms with van der Waals surface area (Å²) in [6, 6.07) is -0.684. The molecule has 0 saturated carbocycles. The van der Waals surface area contributed by atoms with Gasteiger partial charge in [-0.1, -0.05) is 0 Å². The normalized spacial score (nSPS) is 19.1. The minimum Gasteiger partial charge on any atom is -0.480 e. The summed E-state index contributed by atoms with van der Waals surface area (Å²) in [6.45, 7) is 2.01. The maximum atomic E-state index is 11.7. The number of carbonyl (C=O) groups is 3. The number of carbonyl (C=O) groups excluding carboxylic acids is 2. The highest BCUT2D eigenvalue weighted by atomic mass is 16.5. The molecule has 0 aromatic heterocycles. The van der Waals surface area contributed by atoms with Crippen LogP contribution in [-0.4, -0.2) is 47.0 Å². The SMILES string of the molecule is CC(=O)OCCCC(=O)N1CCC[C@H]1C(=O)O. The van der Waals surface area contributed by atoms with E-state index < -0.39 is 12.0 Å². The van der Waals surface area contributed by atoms with Crippen LogP contribution in [0.1, 0.15) is 32.6 Å². The maximum Gasteiger partial charge on any atom is 0.326 e. The Morgan fingerprint density at radius 2 is 2.12 bits per heavy atom. The second kappa shape index (κ2) is 6.22. The molecule has 0 aromatic rings. The Bertz CT molecular complexity index is 315. The largest absolute Gasteiger partial charge is 0.480 e. The zero-order valence-corrected chi connectivity index (χ0v) is 9.85. The number of rotatable bonds is 5. The van der Waals surface area contributed by atoms with E-state index in [2.05, 4.69) is 0 Å². The summed E-state index contributed by atoms with van der Waals surface area (Å²) in [5.41, 5.74) is 0. The van der Waals surface area contributed by atoms with Crippen molar-refractivity contribution in [2.24, 2.45) is 0 Å². The van der Waals surface area contributed by atoms with E-state index in [0.717, 1.165) is 6.42 Å². The molecule has 1 aliphatic heterocycles. The highest BCUT2D eigenvalue weighted by molar-refractivity contribution is 5.84. The third-order valence-electron chi connectivity index (χ3n) is 2.70. The van der Waals surface area contributed by atoms with Gasteiger partial charge in [-0.05, 0) is 19.3 Å². The molecule has 1 saturated heterocycles. The van der Waals surface area contributed by atoms with Crippen LogP contribution in [-0.2, 0) is 19.1 Å². The third kappa shape index (κ3) is 4.05. The second-order valence-corrected chi connectivity index (χ2v) is 4.03. The fraction of sp³-hybridized carbons (Fsp3) is 0.727. The van der Waals surface area contributed by atoms with Crippen molar-refractivity contribution in [1.82, 2.24) is 4.90 Å². The van der Waals surface area contributed by atoms with Gasteiger partial charge in [0.1, 0.15) is 6.04 Å². The van der Waals surface area contributed by atoms with Crippen molar-refractivity contribution in [1.29, 1.82) is 0 Å². The lowest BCUT2D eigenvalue weighted by atomic mass is 10.2. The van der Waals surface area contributed by atoms with Crippen LogP contribution in [0.4, 0.5) is 0 Å². The molecule has 0 spiro atoms. The molecule has 0 radical (unpaired) electrons. The molecular formula is C11H17NO5. The smallest absolute Gasteiger partial charge is 0.326 e. The first kappa shape index (κ1) is 13.5. The molecule has 0 aromatic carbocycles. The molecule has 1 amide bonds. The molecule has 17 heavy (non-hydrogen) atoms. The van der Waals surface area contributed by atoms with Gasteiger partial charge in [-0.25, -0.2) is 4.79 Å². The number of carboxylic acid groups (broad SMARTS) is 1. The number of ether oxygens (including phenoxy) is 1. The number of likely N-dealkylation sites (tertiary alicyclic amines) is 1. The van der Waals surface area contributed by atoms with Crippen molar-refractivity contribution in [2.75, 3.05) is 13.2 Å². The number of carboxylic acids is 1. The number of esters is 1. The van der Waals surface area contributed by atoms with Crippen molar-refractivity contribution in [3.63, 3.8) is 0 Å². The van der Waals surface area contributed by atoms with E-state index in [9.17, 15) is 14.4 Å². The molecule has 1 rings (SSSR count). The fourth-order valence-corrected chi connectivity index (χ4v) is 1.90. The molecule has 0 bridgehead atoms. The zero-order chi connectivity index (χ0) is 12.8. The summed E-state index contributed by atoms with van der Waals surface area (Å²) in [4.78, 5) is 34.5. The van der Waals surface area contributed by atoms with Crippen LogP contribution >= 0.6 is 0 Å². The summed E-state index contributed by atoms with van der Waals surface area (Å²) in [5, 5.41) is 8.91. The Hall–Kier alpha value is -1.59. The summed E-state index contributed by atoms with van der Waals surface area (Å²) < 4.78 is 4.70. The quantitative estimate of drug-likeness (QED) is 0.558. The molecule has 0 unspecified atom stereocenters. The Morgan fingerprint density at radius 3 is 2.71 bits per heavy atom. The average molecular weight is 243 g/mol. The summed E-state index contributed by atoms with van der Waals surface area (Å²) >= 11 is 0. The highest BCUT2D eigenvalue weighted by Crippen LogP contribution is 2.18. The molecule has 6 nitrogen and oxygen atoms in total. The highest BCUT2D eigenvalue weighted by Gasteiger charge is 2.33. The van der Waals surface area contributed by atoms with Gasteiger partial charge in [-0.3, -0.25) is 9.59 Å². The first-order chi connectivity index (χ1) is 8.02. The molecule has 1 N–H and O–H groups in total. The predicted octanol–water partition coefficient (Wildman–Crippen LogP) is 0.405. The van der Waals surface area contributed by atoms with Crippen LogP contribution in [0.3, 0.4) is 0 Å². The molecule has 1 fully saturated rings. The minimum atomic E-state index is -0.948. The van der Waals surface area contributed by atoms with E-state index in [1.165, 1.54) is 11.8 Å². The van der Waals surface area contributed by atoms with Gasteiger partial charge in [-0.15, -0.1) is 0 Å². The number of hydrogen-bond donors (Lipinski definition) is 1. The number of hydrogen-bond acceptors (Lipinski definition) is 4. The van der Waals surface area contributed by atoms with E-state index >= 15 is 0 Å². The minimum absolute atomic E-state index is 0.179. The first-order valence-corrected chi connectivity index (χ1v) is 5.68. The first-order valence-electron chi connectivity index (χ1n) is 5.68. The van der Waals surface area contributed by atoms with E-state index in [1.54, 1.807) is 0 Å². The van der Waals surface area contributed by atoms with Crippen LogP contribution in [0.15, 0.2) is 0 Å². The Kier molecular flexibility index (Phi) is 4.93. The molecule has 96 valence electrons. The van der Waals surface area contributed by atoms with Crippen LogP contribution in [0.2, 0.25) is 0 Å².